The Morgan fingerprint density at radius 1 is 1.29 bits per heavy atom. The molecule has 1 aliphatic heterocycles. The topological polar surface area (TPSA) is 54.0 Å². The SMILES string of the molecule is COC(=O)/C=C/C1OC(C)(C)OC1CC(C)O[Si](C)(C)C(C)(C)C. The molecule has 3 unspecified atom stereocenters. The van der Waals surface area contributed by atoms with Gasteiger partial charge in [0, 0.05) is 18.6 Å². The van der Waals surface area contributed by atoms with Gasteiger partial charge in [-0.2, -0.15) is 0 Å². The van der Waals surface area contributed by atoms with Gasteiger partial charge in [0.05, 0.1) is 13.2 Å². The zero-order valence-corrected chi connectivity index (χ0v) is 17.6. The first-order valence-electron chi connectivity index (χ1n) is 8.57. The Morgan fingerprint density at radius 2 is 1.88 bits per heavy atom. The highest BCUT2D eigenvalue weighted by Gasteiger charge is 2.43. The highest BCUT2D eigenvalue weighted by atomic mass is 28.4. The number of rotatable bonds is 6. The zero-order chi connectivity index (χ0) is 18.8. The maximum absolute atomic E-state index is 11.3. The molecule has 0 amide bonds. The average Bonchev–Trinajstić information content (AvgIpc) is 2.68. The molecular weight excluding hydrogens is 324 g/mol. The van der Waals surface area contributed by atoms with Crippen LogP contribution in [0.15, 0.2) is 12.2 Å². The monoisotopic (exact) mass is 358 g/mol. The molecule has 3 atom stereocenters. The fraction of sp³-hybridized carbons (Fsp3) is 0.833. The van der Waals surface area contributed by atoms with Gasteiger partial charge in [-0.3, -0.25) is 0 Å². The molecular formula is C18H34O5Si. The molecule has 1 saturated heterocycles. The number of ether oxygens (including phenoxy) is 3. The van der Waals surface area contributed by atoms with E-state index in [0.29, 0.717) is 6.42 Å². The first kappa shape index (κ1) is 21.3. The molecule has 24 heavy (non-hydrogen) atoms. The predicted molar refractivity (Wildman–Crippen MR) is 97.3 cm³/mol. The molecule has 1 heterocycles. The van der Waals surface area contributed by atoms with Gasteiger partial charge >= 0.3 is 5.97 Å². The number of esters is 1. The molecule has 0 aromatic heterocycles. The van der Waals surface area contributed by atoms with Crippen molar-refractivity contribution in [3.05, 3.63) is 12.2 Å². The number of carbonyl (C=O) groups is 1. The number of methoxy groups -OCH3 is 1. The standard InChI is InChI=1S/C18H34O5Si/c1-13(23-24(8,9)17(2,3)4)12-15-14(10-11-16(19)20-7)21-18(5,6)22-15/h10-11,13-15H,12H2,1-9H3/b11-10+. The van der Waals surface area contributed by atoms with Gasteiger partial charge in [-0.25, -0.2) is 4.79 Å². The van der Waals surface area contributed by atoms with Crippen molar-refractivity contribution in [2.24, 2.45) is 0 Å². The molecule has 0 spiro atoms. The number of carbonyl (C=O) groups excluding carboxylic acids is 1. The van der Waals surface area contributed by atoms with Crippen LogP contribution in [0, 0.1) is 0 Å². The van der Waals surface area contributed by atoms with Crippen molar-refractivity contribution in [3.63, 3.8) is 0 Å². The second-order valence-corrected chi connectivity index (χ2v) is 13.2. The molecule has 1 fully saturated rings. The third-order valence-corrected chi connectivity index (χ3v) is 9.31. The van der Waals surface area contributed by atoms with Crippen LogP contribution in [0.3, 0.4) is 0 Å². The molecule has 0 saturated carbocycles. The molecule has 0 N–H and O–H groups in total. The molecule has 0 bridgehead atoms. The van der Waals surface area contributed by atoms with Crippen LogP contribution in [-0.2, 0) is 23.4 Å². The second kappa shape index (κ2) is 7.68. The van der Waals surface area contributed by atoms with Crippen LogP contribution < -0.4 is 0 Å². The third-order valence-electron chi connectivity index (χ3n) is 4.71. The summed E-state index contributed by atoms with van der Waals surface area (Å²) in [6.45, 7) is 17.0. The van der Waals surface area contributed by atoms with Gasteiger partial charge < -0.3 is 18.6 Å². The summed E-state index contributed by atoms with van der Waals surface area (Å²) in [4.78, 5) is 11.3. The van der Waals surface area contributed by atoms with Crippen molar-refractivity contribution in [1.82, 2.24) is 0 Å². The summed E-state index contributed by atoms with van der Waals surface area (Å²) in [5, 5.41) is 0.164. The smallest absolute Gasteiger partial charge is 0.330 e. The van der Waals surface area contributed by atoms with Crippen LogP contribution >= 0.6 is 0 Å². The normalized spacial score (nSPS) is 25.9. The fourth-order valence-electron chi connectivity index (χ4n) is 2.50. The summed E-state index contributed by atoms with van der Waals surface area (Å²) in [6.07, 6.45) is 3.44. The van der Waals surface area contributed by atoms with E-state index in [9.17, 15) is 4.79 Å². The lowest BCUT2D eigenvalue weighted by atomic mass is 10.1. The van der Waals surface area contributed by atoms with Crippen LogP contribution in [-0.4, -0.2) is 45.5 Å². The van der Waals surface area contributed by atoms with E-state index in [1.54, 1.807) is 6.08 Å². The maximum Gasteiger partial charge on any atom is 0.330 e. The minimum atomic E-state index is -1.83. The minimum Gasteiger partial charge on any atom is -0.466 e. The molecule has 140 valence electrons. The van der Waals surface area contributed by atoms with E-state index < -0.39 is 20.1 Å². The molecule has 0 aliphatic carbocycles. The van der Waals surface area contributed by atoms with E-state index in [1.807, 2.05) is 13.8 Å². The Balaban J connectivity index is 2.75. The summed E-state index contributed by atoms with van der Waals surface area (Å²) in [5.74, 6) is -1.07. The highest BCUT2D eigenvalue weighted by Crippen LogP contribution is 2.38. The summed E-state index contributed by atoms with van der Waals surface area (Å²) in [6, 6.07) is 0. The summed E-state index contributed by atoms with van der Waals surface area (Å²) < 4.78 is 23.0. The third kappa shape index (κ3) is 5.99. The van der Waals surface area contributed by atoms with Crippen molar-refractivity contribution in [3.8, 4) is 0 Å². The molecule has 6 heteroatoms. The van der Waals surface area contributed by atoms with E-state index in [4.69, 9.17) is 13.9 Å². The highest BCUT2D eigenvalue weighted by molar-refractivity contribution is 6.74. The molecule has 1 rings (SSSR count). The van der Waals surface area contributed by atoms with E-state index in [0.717, 1.165) is 0 Å². The van der Waals surface area contributed by atoms with Crippen molar-refractivity contribution in [2.45, 2.75) is 90.2 Å². The van der Waals surface area contributed by atoms with E-state index >= 15 is 0 Å². The lowest BCUT2D eigenvalue weighted by Crippen LogP contribution is -2.44. The predicted octanol–water partition coefficient (Wildman–Crippen LogP) is 4.04. The molecule has 0 aromatic carbocycles. The second-order valence-electron chi connectivity index (χ2n) is 8.45. The van der Waals surface area contributed by atoms with Crippen molar-refractivity contribution < 1.29 is 23.4 Å². The lowest BCUT2D eigenvalue weighted by molar-refractivity contribution is -0.145. The molecule has 0 aromatic rings. The fourth-order valence-corrected chi connectivity index (χ4v) is 3.96. The molecule has 5 nitrogen and oxygen atoms in total. The maximum atomic E-state index is 11.3. The zero-order valence-electron chi connectivity index (χ0n) is 16.6. The van der Waals surface area contributed by atoms with Gasteiger partial charge in [0.15, 0.2) is 14.1 Å². The van der Waals surface area contributed by atoms with Crippen molar-refractivity contribution in [2.75, 3.05) is 7.11 Å². The minimum absolute atomic E-state index is 0.0578. The van der Waals surface area contributed by atoms with Crippen molar-refractivity contribution in [1.29, 1.82) is 0 Å². The quantitative estimate of drug-likeness (QED) is 0.407. The summed E-state index contributed by atoms with van der Waals surface area (Å²) in [5.41, 5.74) is 0. The van der Waals surface area contributed by atoms with Gasteiger partial charge in [-0.1, -0.05) is 20.8 Å². The van der Waals surface area contributed by atoms with Crippen LogP contribution in [0.2, 0.25) is 18.1 Å². The Morgan fingerprint density at radius 3 is 2.38 bits per heavy atom. The molecule has 1 aliphatic rings. The van der Waals surface area contributed by atoms with E-state index in [2.05, 4.69) is 45.5 Å². The van der Waals surface area contributed by atoms with Crippen LogP contribution in [0.1, 0.15) is 48.0 Å². The van der Waals surface area contributed by atoms with Crippen LogP contribution in [0.25, 0.3) is 0 Å². The van der Waals surface area contributed by atoms with Gasteiger partial charge in [0.25, 0.3) is 0 Å². The Bertz CT molecular complexity index is 465. The van der Waals surface area contributed by atoms with Gasteiger partial charge in [0.1, 0.15) is 6.10 Å². The molecule has 0 radical (unpaired) electrons. The van der Waals surface area contributed by atoms with Crippen molar-refractivity contribution >= 4 is 14.3 Å². The van der Waals surface area contributed by atoms with Gasteiger partial charge in [-0.05, 0) is 45.0 Å². The number of hydrogen-bond acceptors (Lipinski definition) is 5. The Hall–Kier alpha value is -0.693. The Labute approximate surface area is 147 Å². The summed E-state index contributed by atoms with van der Waals surface area (Å²) in [7, 11) is -0.472. The lowest BCUT2D eigenvalue weighted by Gasteiger charge is -2.39. The first-order chi connectivity index (χ1) is 10.8. The van der Waals surface area contributed by atoms with Crippen LogP contribution in [0.4, 0.5) is 0 Å². The van der Waals surface area contributed by atoms with Gasteiger partial charge in [0.2, 0.25) is 0 Å². The number of hydrogen-bond donors (Lipinski definition) is 0. The summed E-state index contributed by atoms with van der Waals surface area (Å²) >= 11 is 0. The van der Waals surface area contributed by atoms with Crippen LogP contribution in [0.5, 0.6) is 0 Å². The van der Waals surface area contributed by atoms with E-state index in [-0.39, 0.29) is 23.4 Å². The Kier molecular flexibility index (Phi) is 6.83. The first-order valence-corrected chi connectivity index (χ1v) is 11.5. The average molecular weight is 359 g/mol. The van der Waals surface area contributed by atoms with E-state index in [1.165, 1.54) is 13.2 Å². The van der Waals surface area contributed by atoms with Gasteiger partial charge in [-0.15, -0.1) is 0 Å². The largest absolute Gasteiger partial charge is 0.466 e.